The maximum atomic E-state index is 12.7. The Balaban J connectivity index is 2.15. The minimum Gasteiger partial charge on any atom is -0.340 e. The van der Waals surface area contributed by atoms with Gasteiger partial charge in [0.05, 0.1) is 0 Å². The van der Waals surface area contributed by atoms with E-state index in [0.29, 0.717) is 12.5 Å². The summed E-state index contributed by atoms with van der Waals surface area (Å²) < 4.78 is 0. The second kappa shape index (κ2) is 4.50. The second-order valence-corrected chi connectivity index (χ2v) is 7.45. The number of rotatable bonds is 3. The minimum atomic E-state index is -0.665. The van der Waals surface area contributed by atoms with Crippen molar-refractivity contribution >= 4 is 11.8 Å². The van der Waals surface area contributed by atoms with E-state index >= 15 is 0 Å². The molecule has 2 atom stereocenters. The van der Waals surface area contributed by atoms with Crippen molar-refractivity contribution in [3.63, 3.8) is 0 Å². The van der Waals surface area contributed by atoms with Crippen LogP contribution in [0.2, 0.25) is 0 Å². The fourth-order valence-electron chi connectivity index (χ4n) is 2.72. The second-order valence-electron chi connectivity index (χ2n) is 7.45. The van der Waals surface area contributed by atoms with Crippen LogP contribution in [0.25, 0.3) is 0 Å². The molecule has 2 rings (SSSR count). The highest BCUT2D eigenvalue weighted by Crippen LogP contribution is 2.42. The van der Waals surface area contributed by atoms with E-state index in [1.165, 1.54) is 0 Å². The molecule has 2 unspecified atom stereocenters. The number of hydrogen-bond donors (Lipinski definition) is 1. The first-order chi connectivity index (χ1) is 8.65. The average molecular weight is 266 g/mol. The van der Waals surface area contributed by atoms with Gasteiger partial charge in [0.2, 0.25) is 11.8 Å². The van der Waals surface area contributed by atoms with Gasteiger partial charge in [-0.05, 0) is 44.4 Å². The molecule has 2 fully saturated rings. The third-order valence-corrected chi connectivity index (χ3v) is 4.43. The zero-order valence-corrected chi connectivity index (χ0v) is 12.7. The van der Waals surface area contributed by atoms with Gasteiger partial charge in [0.25, 0.3) is 0 Å². The molecule has 0 aromatic carbocycles. The predicted octanol–water partition coefficient (Wildman–Crippen LogP) is 1.94. The van der Waals surface area contributed by atoms with Crippen molar-refractivity contribution < 1.29 is 9.59 Å². The average Bonchev–Trinajstić information content (AvgIpc) is 3.09. The molecule has 2 amide bonds. The molecule has 2 aliphatic rings. The Bertz CT molecular complexity index is 395. The van der Waals surface area contributed by atoms with Gasteiger partial charge in [0.15, 0.2) is 0 Å². The van der Waals surface area contributed by atoms with Crippen LogP contribution in [0.1, 0.15) is 53.9 Å². The number of nitrogens with zero attached hydrogens (tertiary/aromatic N) is 1. The molecule has 19 heavy (non-hydrogen) atoms. The lowest BCUT2D eigenvalue weighted by molar-refractivity contribution is -0.155. The van der Waals surface area contributed by atoms with Crippen molar-refractivity contribution in [3.8, 4) is 0 Å². The van der Waals surface area contributed by atoms with Crippen LogP contribution >= 0.6 is 0 Å². The number of amides is 2. The van der Waals surface area contributed by atoms with Gasteiger partial charge in [-0.1, -0.05) is 20.8 Å². The Morgan fingerprint density at radius 2 is 1.89 bits per heavy atom. The van der Waals surface area contributed by atoms with Crippen molar-refractivity contribution in [1.82, 2.24) is 10.2 Å². The lowest BCUT2D eigenvalue weighted by Gasteiger charge is -2.44. The van der Waals surface area contributed by atoms with E-state index in [2.05, 4.69) is 26.1 Å². The predicted molar refractivity (Wildman–Crippen MR) is 74.5 cm³/mol. The molecule has 108 valence electrons. The van der Waals surface area contributed by atoms with E-state index in [1.807, 2.05) is 13.8 Å². The highest BCUT2D eigenvalue weighted by molar-refractivity contribution is 5.99. The third-order valence-electron chi connectivity index (χ3n) is 4.43. The maximum Gasteiger partial charge on any atom is 0.248 e. The summed E-state index contributed by atoms with van der Waals surface area (Å²) in [5.41, 5.74) is -0.495. The molecular weight excluding hydrogens is 240 g/mol. The Morgan fingerprint density at radius 3 is 2.37 bits per heavy atom. The summed E-state index contributed by atoms with van der Waals surface area (Å²) in [5.74, 6) is 0.419. The minimum absolute atomic E-state index is 0.0112. The van der Waals surface area contributed by atoms with Gasteiger partial charge in [-0.15, -0.1) is 0 Å². The smallest absolute Gasteiger partial charge is 0.248 e. The van der Waals surface area contributed by atoms with Crippen molar-refractivity contribution in [2.45, 2.75) is 65.5 Å². The standard InChI is InChI=1S/C15H26N2O2/c1-10-12(18)16-15(5,11-6-7-11)13(19)17(10)9-8-14(2,3)4/h10-11H,6-9H2,1-5H3,(H,16,18). The van der Waals surface area contributed by atoms with Crippen molar-refractivity contribution in [3.05, 3.63) is 0 Å². The topological polar surface area (TPSA) is 49.4 Å². The molecule has 1 aliphatic carbocycles. The fraction of sp³-hybridized carbons (Fsp3) is 0.867. The normalized spacial score (nSPS) is 32.5. The summed E-state index contributed by atoms with van der Waals surface area (Å²) in [6, 6.07) is -0.346. The van der Waals surface area contributed by atoms with Gasteiger partial charge >= 0.3 is 0 Å². The summed E-state index contributed by atoms with van der Waals surface area (Å²) in [6.07, 6.45) is 3.01. The van der Waals surface area contributed by atoms with Crippen LogP contribution in [0, 0.1) is 11.3 Å². The molecule has 1 N–H and O–H groups in total. The van der Waals surface area contributed by atoms with Crippen molar-refractivity contribution in [2.24, 2.45) is 11.3 Å². The van der Waals surface area contributed by atoms with Crippen LogP contribution in [-0.4, -0.2) is 34.8 Å². The van der Waals surface area contributed by atoms with E-state index in [-0.39, 0.29) is 23.3 Å². The zero-order chi connectivity index (χ0) is 14.4. The molecule has 1 saturated carbocycles. The monoisotopic (exact) mass is 266 g/mol. The fourth-order valence-corrected chi connectivity index (χ4v) is 2.72. The van der Waals surface area contributed by atoms with E-state index in [4.69, 9.17) is 0 Å². The van der Waals surface area contributed by atoms with Gasteiger partial charge in [-0.25, -0.2) is 0 Å². The Kier molecular flexibility index (Phi) is 3.40. The molecule has 0 aromatic rings. The van der Waals surface area contributed by atoms with Crippen LogP contribution in [0.4, 0.5) is 0 Å². The van der Waals surface area contributed by atoms with Crippen LogP contribution in [-0.2, 0) is 9.59 Å². The third kappa shape index (κ3) is 2.77. The number of piperazine rings is 1. The number of hydrogen-bond acceptors (Lipinski definition) is 2. The SMILES string of the molecule is CC1C(=O)NC(C)(C2CC2)C(=O)N1CCC(C)(C)C. The maximum absolute atomic E-state index is 12.7. The van der Waals surface area contributed by atoms with Crippen LogP contribution in [0.5, 0.6) is 0 Å². The molecular formula is C15H26N2O2. The first kappa shape index (κ1) is 14.4. The Labute approximate surface area is 115 Å². The first-order valence-corrected chi connectivity index (χ1v) is 7.28. The molecule has 1 aliphatic heterocycles. The summed E-state index contributed by atoms with van der Waals surface area (Å²) in [5, 5.41) is 2.95. The summed E-state index contributed by atoms with van der Waals surface area (Å²) in [6.45, 7) is 10.9. The Morgan fingerprint density at radius 1 is 1.32 bits per heavy atom. The summed E-state index contributed by atoms with van der Waals surface area (Å²) >= 11 is 0. The summed E-state index contributed by atoms with van der Waals surface area (Å²) in [4.78, 5) is 26.6. The van der Waals surface area contributed by atoms with E-state index < -0.39 is 5.54 Å². The first-order valence-electron chi connectivity index (χ1n) is 7.28. The number of carbonyl (C=O) groups excluding carboxylic acids is 2. The molecule has 1 heterocycles. The molecule has 0 spiro atoms. The van der Waals surface area contributed by atoms with Gasteiger partial charge in [-0.2, -0.15) is 0 Å². The van der Waals surface area contributed by atoms with E-state index in [9.17, 15) is 9.59 Å². The number of nitrogens with one attached hydrogen (secondary N) is 1. The highest BCUT2D eigenvalue weighted by Gasteiger charge is 2.54. The van der Waals surface area contributed by atoms with Crippen LogP contribution < -0.4 is 5.32 Å². The van der Waals surface area contributed by atoms with Gasteiger partial charge in [-0.3, -0.25) is 9.59 Å². The highest BCUT2D eigenvalue weighted by atomic mass is 16.2. The van der Waals surface area contributed by atoms with Crippen molar-refractivity contribution in [2.75, 3.05) is 6.54 Å². The van der Waals surface area contributed by atoms with Gasteiger partial charge in [0, 0.05) is 6.54 Å². The molecule has 1 saturated heterocycles. The van der Waals surface area contributed by atoms with Gasteiger partial charge < -0.3 is 10.2 Å². The lowest BCUT2D eigenvalue weighted by atomic mass is 9.87. The van der Waals surface area contributed by atoms with Crippen LogP contribution in [0.3, 0.4) is 0 Å². The molecule has 4 heteroatoms. The molecule has 0 bridgehead atoms. The lowest BCUT2D eigenvalue weighted by Crippen LogP contribution is -2.69. The van der Waals surface area contributed by atoms with E-state index in [1.54, 1.807) is 4.90 Å². The largest absolute Gasteiger partial charge is 0.340 e. The Hall–Kier alpha value is -1.06. The van der Waals surface area contributed by atoms with Crippen molar-refractivity contribution in [1.29, 1.82) is 0 Å². The zero-order valence-electron chi connectivity index (χ0n) is 12.7. The quantitative estimate of drug-likeness (QED) is 0.848. The van der Waals surface area contributed by atoms with E-state index in [0.717, 1.165) is 19.3 Å². The summed E-state index contributed by atoms with van der Waals surface area (Å²) in [7, 11) is 0. The van der Waals surface area contributed by atoms with Gasteiger partial charge in [0.1, 0.15) is 11.6 Å². The number of carbonyl (C=O) groups is 2. The van der Waals surface area contributed by atoms with Crippen LogP contribution in [0.15, 0.2) is 0 Å². The molecule has 0 radical (unpaired) electrons. The molecule has 0 aromatic heterocycles. The molecule has 4 nitrogen and oxygen atoms in total.